The van der Waals surface area contributed by atoms with Gasteiger partial charge in [-0.25, -0.2) is 0 Å². The molecule has 720 valence electrons. The molecule has 0 unspecified atom stereocenters. The SMILES string of the molecule is C/C=C/C1CCC(C2CCC(/C=C/C)CC2)CC1.C/C=C/CCC1CCC(C2CCC(/C=C/C)CC2)CC1.C=CC1CCC(C2CCC(/C=C/C)CC2)CC1.C=CC1CCC(C2CCC(C=C)CC2)CC1.C=CC1CCC(C2CCC(CC/C=C/C)CC2)CC1.C=CCCC1CCC(C2CCC(/C=C/C)CC2)CC1.C=CCCC1CCC(C2CCC(C=C)CC2)CC1. The quantitative estimate of drug-likeness (QED) is 0.0655. The first-order valence-corrected chi connectivity index (χ1v) is 57.0. The lowest BCUT2D eigenvalue weighted by atomic mass is 9.68. The molecule has 0 spiro atoms. The van der Waals surface area contributed by atoms with Gasteiger partial charge in [0, 0.05) is 0 Å². The van der Waals surface area contributed by atoms with Crippen molar-refractivity contribution in [1.29, 1.82) is 0 Å². The van der Waals surface area contributed by atoms with Crippen molar-refractivity contribution in [3.05, 3.63) is 174 Å². The molecule has 0 bridgehead atoms. The van der Waals surface area contributed by atoms with Gasteiger partial charge in [-0.2, -0.15) is 0 Å². The summed E-state index contributed by atoms with van der Waals surface area (Å²) in [7, 11) is 0. The molecule has 0 radical (unpaired) electrons. The molecule has 0 atom stereocenters. The average molecular weight is 1740 g/mol. The summed E-state index contributed by atoms with van der Waals surface area (Å²) in [6.07, 6.45) is 140. The minimum absolute atomic E-state index is 0.820. The predicted molar refractivity (Wildman–Crippen MR) is 568 cm³/mol. The van der Waals surface area contributed by atoms with Crippen molar-refractivity contribution in [2.24, 2.45) is 166 Å². The van der Waals surface area contributed by atoms with Crippen molar-refractivity contribution in [3.63, 3.8) is 0 Å². The van der Waals surface area contributed by atoms with E-state index in [0.717, 1.165) is 166 Å². The highest BCUT2D eigenvalue weighted by Gasteiger charge is 2.38. The van der Waals surface area contributed by atoms with Gasteiger partial charge >= 0.3 is 0 Å². The van der Waals surface area contributed by atoms with Gasteiger partial charge in [0.2, 0.25) is 0 Å². The van der Waals surface area contributed by atoms with E-state index < -0.39 is 0 Å². The van der Waals surface area contributed by atoms with Crippen molar-refractivity contribution in [3.8, 4) is 0 Å². The molecule has 0 N–H and O–H groups in total. The Kier molecular flexibility index (Phi) is 56.4. The summed E-state index contributed by atoms with van der Waals surface area (Å²) < 4.78 is 0. The van der Waals surface area contributed by atoms with Crippen molar-refractivity contribution < 1.29 is 0 Å². The molecule has 14 aliphatic carbocycles. The molecular weight excluding hydrogens is 1530 g/mol. The molecule has 0 saturated heterocycles. The molecule has 0 amide bonds. The topological polar surface area (TPSA) is 0 Å². The molecule has 127 heavy (non-hydrogen) atoms. The van der Waals surface area contributed by atoms with Crippen LogP contribution < -0.4 is 0 Å². The third-order valence-corrected chi connectivity index (χ3v) is 37.9. The minimum atomic E-state index is 0.820. The van der Waals surface area contributed by atoms with E-state index in [2.05, 4.69) is 222 Å². The molecule has 0 aromatic carbocycles. The van der Waals surface area contributed by atoms with Crippen molar-refractivity contribution in [1.82, 2.24) is 0 Å². The van der Waals surface area contributed by atoms with E-state index in [9.17, 15) is 0 Å². The largest absolute Gasteiger partial charge is 0.103 e. The van der Waals surface area contributed by atoms with E-state index in [-0.39, 0.29) is 0 Å². The van der Waals surface area contributed by atoms with E-state index in [1.54, 1.807) is 0 Å². The fourth-order valence-electron chi connectivity index (χ4n) is 29.2. The Morgan fingerprint density at radius 2 is 0.276 bits per heavy atom. The first kappa shape index (κ1) is 109. The van der Waals surface area contributed by atoms with Gasteiger partial charge in [0.15, 0.2) is 0 Å². The maximum Gasteiger partial charge on any atom is -0.0233 e. The molecule has 14 saturated carbocycles. The third-order valence-electron chi connectivity index (χ3n) is 37.9. The molecule has 0 heteroatoms. The number of hydrogen-bond acceptors (Lipinski definition) is 0. The van der Waals surface area contributed by atoms with Crippen LogP contribution in [0.1, 0.15) is 459 Å². The Balaban J connectivity index is 0.000000183. The molecule has 0 aliphatic heterocycles. The Morgan fingerprint density at radius 3 is 0.394 bits per heavy atom. The van der Waals surface area contributed by atoms with Crippen LogP contribution in [-0.4, -0.2) is 0 Å². The summed E-state index contributed by atoms with van der Waals surface area (Å²) in [5.41, 5.74) is 0. The lowest BCUT2D eigenvalue weighted by Gasteiger charge is -2.37. The second kappa shape index (κ2) is 65.9. The lowest BCUT2D eigenvalue weighted by Crippen LogP contribution is -2.25. The summed E-state index contributed by atoms with van der Waals surface area (Å²) in [4.78, 5) is 0. The highest BCUT2D eigenvalue weighted by Crippen LogP contribution is 2.50. The summed E-state index contributed by atoms with van der Waals surface area (Å²) in [5, 5.41) is 0. The first-order valence-electron chi connectivity index (χ1n) is 57.0. The number of allylic oxidation sites excluding steroid dienone is 21. The normalized spacial score (nSPS) is 37.6. The summed E-state index contributed by atoms with van der Waals surface area (Å²) >= 11 is 0. The molecule has 0 aromatic heterocycles. The molecule has 0 aromatic rings. The Bertz CT molecular complexity index is 2920. The molecule has 0 nitrogen and oxygen atoms in total. The Morgan fingerprint density at radius 1 is 0.150 bits per heavy atom. The van der Waals surface area contributed by atoms with Crippen molar-refractivity contribution in [2.75, 3.05) is 0 Å². The third kappa shape index (κ3) is 41.2. The van der Waals surface area contributed by atoms with Gasteiger partial charge in [-0.15, -0.1) is 46.1 Å². The molecular formula is C127H212. The summed E-state index contributed by atoms with van der Waals surface area (Å²) in [6, 6.07) is 0. The van der Waals surface area contributed by atoms with E-state index in [1.807, 2.05) is 0 Å². The summed E-state index contributed by atoms with van der Waals surface area (Å²) in [6.45, 7) is 42.5. The van der Waals surface area contributed by atoms with Gasteiger partial charge in [0.1, 0.15) is 0 Å². The van der Waals surface area contributed by atoms with Gasteiger partial charge in [0.05, 0.1) is 0 Å². The molecule has 14 rings (SSSR count). The van der Waals surface area contributed by atoms with Crippen LogP contribution in [-0.2, 0) is 0 Å². The average Bonchev–Trinajstić information content (AvgIpc) is 0.887. The van der Waals surface area contributed by atoms with E-state index >= 15 is 0 Å². The van der Waals surface area contributed by atoms with Gasteiger partial charge < -0.3 is 0 Å². The second-order valence-corrected chi connectivity index (χ2v) is 45.7. The van der Waals surface area contributed by atoms with Crippen LogP contribution >= 0.6 is 0 Å². The number of hydrogen-bond donors (Lipinski definition) is 0. The van der Waals surface area contributed by atoms with E-state index in [4.69, 9.17) is 0 Å². The van der Waals surface area contributed by atoms with Crippen LogP contribution in [0.25, 0.3) is 0 Å². The van der Waals surface area contributed by atoms with Gasteiger partial charge in [-0.3, -0.25) is 0 Å². The van der Waals surface area contributed by atoms with Crippen molar-refractivity contribution >= 4 is 0 Å². The molecule has 14 aliphatic rings. The highest BCUT2D eigenvalue weighted by atomic mass is 14.4. The molecule has 0 heterocycles. The maximum absolute atomic E-state index is 3.96. The van der Waals surface area contributed by atoms with Crippen LogP contribution in [0.4, 0.5) is 0 Å². The second-order valence-electron chi connectivity index (χ2n) is 45.7. The zero-order chi connectivity index (χ0) is 90.3. The summed E-state index contributed by atoms with van der Waals surface area (Å²) in [5.74, 6) is 27.4. The van der Waals surface area contributed by atoms with Crippen LogP contribution in [0.3, 0.4) is 0 Å². The van der Waals surface area contributed by atoms with Crippen LogP contribution in [0, 0.1) is 166 Å². The van der Waals surface area contributed by atoms with Gasteiger partial charge in [0.25, 0.3) is 0 Å². The van der Waals surface area contributed by atoms with E-state index in [1.165, 1.54) is 411 Å². The monoisotopic (exact) mass is 1740 g/mol. The van der Waals surface area contributed by atoms with E-state index in [0.29, 0.717) is 0 Å². The number of rotatable bonds is 29. The smallest absolute Gasteiger partial charge is 0.0233 e. The zero-order valence-electron chi connectivity index (χ0n) is 85.5. The van der Waals surface area contributed by atoms with Crippen molar-refractivity contribution in [2.45, 2.75) is 459 Å². The lowest BCUT2D eigenvalue weighted by molar-refractivity contribution is 0.153. The fourth-order valence-corrected chi connectivity index (χ4v) is 29.2. The minimum Gasteiger partial charge on any atom is -0.103 e. The highest BCUT2D eigenvalue weighted by molar-refractivity contribution is 5.00. The van der Waals surface area contributed by atoms with Crippen LogP contribution in [0.15, 0.2) is 174 Å². The van der Waals surface area contributed by atoms with Gasteiger partial charge in [-0.05, 0) is 574 Å². The first-order chi connectivity index (χ1) is 62.3. The fraction of sp³-hybridized carbons (Fsp3) is 0.780. The van der Waals surface area contributed by atoms with Gasteiger partial charge in [-0.1, -0.05) is 179 Å². The molecule has 14 fully saturated rings. The standard InChI is InChI=1S/C20H34.2C19H32.2C18H30.C17H28.C16H26/c1-3-5-6-8-18-11-15-20(16-12-18)19-13-9-17(7-4-2)10-14-19;1-3-5-6-7-17-10-14-19(15-11-17)18-12-8-16(4-2)9-13-18;1-3-5-7-17-10-14-19(15-11-17)18-12-8-16(6-4-2)9-13-18;1-3-5-6-16-9-13-18(14-10-16)17-11-7-15(4-2)8-12-17;1-3-5-15-7-11-17(12-8-15)18-13-9-16(6-4-2)10-14-18;1-3-5-15-8-12-17(13-9-15)16-10-6-14(4-2)7-11-16;1-3-13-5-9-15(10-6-13)16-11-7-14(4-2)8-12-16/h3-5,7,17-20H,6,8-16H2,1-2H3;3-5,16-19H,2,6-15H2,1H3;3-4,6,16-19H,1,5,7-15H2,2H3;3-4,15-18H,1-2,5-14H2;3-6,15-18H,7-14H2,1-2H3;3-5,14-17H,2,6-13H2,1H3;3-4,13-16H,1-2,5-12H2/b5-3+,7-4+;5-3+;6-4+;;5-3+,6-4+;5-3+;. The van der Waals surface area contributed by atoms with Crippen LogP contribution in [0.2, 0.25) is 0 Å². The zero-order valence-corrected chi connectivity index (χ0v) is 85.5. The predicted octanol–water partition coefficient (Wildman–Crippen LogP) is 40.6. The Labute approximate surface area is 793 Å². The maximum atomic E-state index is 3.96. The van der Waals surface area contributed by atoms with Crippen LogP contribution in [0.5, 0.6) is 0 Å². The Hall–Kier alpha value is -3.64.